The van der Waals surface area contributed by atoms with Crippen molar-refractivity contribution in [2.75, 3.05) is 18.6 Å². The molecule has 3 aromatic carbocycles. The molecule has 0 bridgehead atoms. The Hall–Kier alpha value is -3.88. The van der Waals surface area contributed by atoms with Gasteiger partial charge in [0.15, 0.2) is 5.13 Å². The third-order valence-corrected chi connectivity index (χ3v) is 7.13. The summed E-state index contributed by atoms with van der Waals surface area (Å²) < 4.78 is 11.6. The van der Waals surface area contributed by atoms with Crippen LogP contribution in [0.3, 0.4) is 0 Å². The fraction of sp³-hybridized carbons (Fsp3) is 0.148. The molecule has 0 radical (unpaired) electrons. The van der Waals surface area contributed by atoms with Gasteiger partial charge in [0.1, 0.15) is 17.3 Å². The van der Waals surface area contributed by atoms with Crippen LogP contribution in [0.1, 0.15) is 24.1 Å². The molecule has 7 nitrogen and oxygen atoms in total. The molecule has 1 aliphatic rings. The predicted octanol–water partition coefficient (Wildman–Crippen LogP) is 5.98. The zero-order valence-electron chi connectivity index (χ0n) is 19.4. The number of hydrogen-bond donors (Lipinski definition) is 1. The smallest absolute Gasteiger partial charge is 0.301 e. The fourth-order valence-corrected chi connectivity index (χ4v) is 5.29. The predicted molar refractivity (Wildman–Crippen MR) is 140 cm³/mol. The molecule has 0 aliphatic carbocycles. The summed E-state index contributed by atoms with van der Waals surface area (Å²) in [6.45, 7) is 2.42. The van der Waals surface area contributed by atoms with Crippen LogP contribution in [0.25, 0.3) is 16.0 Å². The number of hydrogen-bond acceptors (Lipinski definition) is 7. The van der Waals surface area contributed by atoms with E-state index in [0.717, 1.165) is 4.70 Å². The van der Waals surface area contributed by atoms with Crippen molar-refractivity contribution in [3.05, 3.63) is 88.5 Å². The van der Waals surface area contributed by atoms with Gasteiger partial charge in [-0.05, 0) is 67.1 Å². The van der Waals surface area contributed by atoms with Crippen molar-refractivity contribution in [1.29, 1.82) is 0 Å². The quantitative estimate of drug-likeness (QED) is 0.191. The van der Waals surface area contributed by atoms with Crippen molar-refractivity contribution in [2.24, 2.45) is 0 Å². The average Bonchev–Trinajstić information content (AvgIpc) is 3.42. The van der Waals surface area contributed by atoms with Crippen LogP contribution >= 0.6 is 22.9 Å². The number of methoxy groups -OCH3 is 1. The highest BCUT2D eigenvalue weighted by Gasteiger charge is 2.48. The Morgan fingerprint density at radius 1 is 1.06 bits per heavy atom. The number of anilines is 1. The molecule has 1 N–H and O–H groups in total. The van der Waals surface area contributed by atoms with Crippen molar-refractivity contribution in [3.8, 4) is 11.5 Å². The number of aliphatic hydroxyl groups excluding tert-OH is 1. The Kier molecular flexibility index (Phi) is 6.38. The molecule has 1 fully saturated rings. The second-order valence-corrected chi connectivity index (χ2v) is 9.45. The summed E-state index contributed by atoms with van der Waals surface area (Å²) in [5.41, 5.74) is 1.65. The molecular weight excluding hydrogens is 500 g/mol. The summed E-state index contributed by atoms with van der Waals surface area (Å²) in [6, 6.07) is 18.0. The maximum Gasteiger partial charge on any atom is 0.301 e. The highest BCUT2D eigenvalue weighted by molar-refractivity contribution is 7.22. The van der Waals surface area contributed by atoms with Gasteiger partial charge in [-0.15, -0.1) is 0 Å². The first-order valence-corrected chi connectivity index (χ1v) is 12.3. The highest BCUT2D eigenvalue weighted by atomic mass is 35.5. The van der Waals surface area contributed by atoms with E-state index in [4.69, 9.17) is 21.1 Å². The lowest BCUT2D eigenvalue weighted by Gasteiger charge is -2.23. The van der Waals surface area contributed by atoms with Gasteiger partial charge >= 0.3 is 5.91 Å². The van der Waals surface area contributed by atoms with Crippen molar-refractivity contribution in [1.82, 2.24) is 4.98 Å². The number of halogens is 1. The first-order chi connectivity index (χ1) is 17.4. The van der Waals surface area contributed by atoms with Crippen molar-refractivity contribution in [2.45, 2.75) is 13.0 Å². The van der Waals surface area contributed by atoms with Crippen LogP contribution in [-0.2, 0) is 9.59 Å². The van der Waals surface area contributed by atoms with E-state index < -0.39 is 17.7 Å². The van der Waals surface area contributed by atoms with Crippen molar-refractivity contribution < 1.29 is 24.2 Å². The number of carbonyl (C=O) groups excluding carboxylic acids is 2. The largest absolute Gasteiger partial charge is 0.507 e. The minimum Gasteiger partial charge on any atom is -0.507 e. The van der Waals surface area contributed by atoms with E-state index in [1.54, 1.807) is 48.5 Å². The third-order valence-electron chi connectivity index (χ3n) is 5.86. The van der Waals surface area contributed by atoms with Gasteiger partial charge in [-0.2, -0.15) is 0 Å². The van der Waals surface area contributed by atoms with Gasteiger partial charge in [-0.1, -0.05) is 35.1 Å². The van der Waals surface area contributed by atoms with Gasteiger partial charge in [0.25, 0.3) is 5.78 Å². The van der Waals surface area contributed by atoms with E-state index >= 15 is 0 Å². The fourth-order valence-electron chi connectivity index (χ4n) is 4.15. The van der Waals surface area contributed by atoms with Crippen molar-refractivity contribution in [3.63, 3.8) is 0 Å². The minimum absolute atomic E-state index is 0.0262. The minimum atomic E-state index is -0.892. The Morgan fingerprint density at radius 3 is 2.42 bits per heavy atom. The molecule has 0 saturated carbocycles. The number of carbonyl (C=O) groups is 2. The van der Waals surface area contributed by atoms with E-state index in [0.29, 0.717) is 44.9 Å². The molecule has 4 aromatic rings. The molecule has 36 heavy (non-hydrogen) atoms. The van der Waals surface area contributed by atoms with E-state index in [1.165, 1.54) is 23.3 Å². The van der Waals surface area contributed by atoms with Gasteiger partial charge in [0.05, 0.1) is 35.5 Å². The van der Waals surface area contributed by atoms with Gasteiger partial charge in [0.2, 0.25) is 0 Å². The second-order valence-electron chi connectivity index (χ2n) is 8.01. The van der Waals surface area contributed by atoms with E-state index in [2.05, 4.69) is 4.98 Å². The lowest BCUT2D eigenvalue weighted by atomic mass is 9.95. The number of aromatic nitrogens is 1. The highest BCUT2D eigenvalue weighted by Crippen LogP contribution is 2.44. The molecule has 1 atom stereocenters. The summed E-state index contributed by atoms with van der Waals surface area (Å²) in [6.07, 6.45) is 0. The molecule has 1 saturated heterocycles. The van der Waals surface area contributed by atoms with Gasteiger partial charge in [0, 0.05) is 10.6 Å². The maximum absolute atomic E-state index is 13.4. The Morgan fingerprint density at radius 2 is 1.75 bits per heavy atom. The molecule has 182 valence electrons. The normalized spacial score (nSPS) is 17.1. The number of Topliss-reactive ketones (excluding diaryl/α,β-unsaturated/α-hetero) is 1. The lowest BCUT2D eigenvalue weighted by Crippen LogP contribution is -2.29. The second kappa shape index (κ2) is 9.64. The summed E-state index contributed by atoms with van der Waals surface area (Å²) >= 11 is 7.37. The van der Waals surface area contributed by atoms with Crippen LogP contribution in [0.5, 0.6) is 11.5 Å². The molecule has 5 rings (SSSR count). The standard InChI is InChI=1S/C27H21ClN2O5S/c1-3-35-19-12-13-20-21(14-19)36-27(29-20)30-23(15-4-8-17(28)9-5-15)22(25(32)26(30)33)24(31)16-6-10-18(34-2)11-7-16/h4-14,23,31H,3H2,1-2H3/b24-22+/t23-/m0/s1. The van der Waals surface area contributed by atoms with Crippen molar-refractivity contribution >= 4 is 55.7 Å². The maximum atomic E-state index is 13.4. The zero-order chi connectivity index (χ0) is 25.4. The van der Waals surface area contributed by atoms with E-state index in [1.807, 2.05) is 25.1 Å². The molecule has 2 heterocycles. The summed E-state index contributed by atoms with van der Waals surface area (Å²) in [7, 11) is 1.54. The lowest BCUT2D eigenvalue weighted by molar-refractivity contribution is -0.132. The third kappa shape index (κ3) is 4.19. The van der Waals surface area contributed by atoms with Crippen LogP contribution in [0.15, 0.2) is 72.3 Å². The number of ketones is 1. The molecule has 1 amide bonds. The number of fused-ring (bicyclic) bond motifs is 1. The van der Waals surface area contributed by atoms with E-state index in [9.17, 15) is 14.7 Å². The summed E-state index contributed by atoms with van der Waals surface area (Å²) in [5.74, 6) is -0.553. The van der Waals surface area contributed by atoms with Gasteiger partial charge in [-0.3, -0.25) is 14.5 Å². The van der Waals surface area contributed by atoms with Crippen LogP contribution in [0.2, 0.25) is 5.02 Å². The zero-order valence-corrected chi connectivity index (χ0v) is 21.0. The summed E-state index contributed by atoms with van der Waals surface area (Å²) in [4.78, 5) is 32.7. The number of benzene rings is 3. The SMILES string of the molecule is CCOc1ccc2nc(N3C(=O)C(=O)/C(=C(/O)c4ccc(OC)cc4)[C@@H]3c3ccc(Cl)cc3)sc2c1. The first-order valence-electron chi connectivity index (χ1n) is 11.2. The number of rotatable bonds is 6. The van der Waals surface area contributed by atoms with Gasteiger partial charge < -0.3 is 14.6 Å². The monoisotopic (exact) mass is 520 g/mol. The molecule has 1 aromatic heterocycles. The van der Waals surface area contributed by atoms with Crippen LogP contribution in [-0.4, -0.2) is 35.5 Å². The average molecular weight is 521 g/mol. The Bertz CT molecular complexity index is 1500. The topological polar surface area (TPSA) is 89.0 Å². The first kappa shape index (κ1) is 23.8. The number of ether oxygens (including phenoxy) is 2. The number of thiazole rings is 1. The number of aliphatic hydroxyl groups is 1. The van der Waals surface area contributed by atoms with Crippen LogP contribution in [0, 0.1) is 0 Å². The molecule has 0 unspecified atom stereocenters. The molecule has 1 aliphatic heterocycles. The Balaban J connectivity index is 1.67. The molecular formula is C27H21ClN2O5S. The molecule has 9 heteroatoms. The summed E-state index contributed by atoms with van der Waals surface area (Å²) in [5, 5.41) is 12.1. The number of nitrogens with zero attached hydrogens (tertiary/aromatic N) is 2. The Labute approximate surface area is 216 Å². The number of amides is 1. The molecule has 0 spiro atoms. The van der Waals surface area contributed by atoms with Crippen LogP contribution in [0.4, 0.5) is 5.13 Å². The van der Waals surface area contributed by atoms with E-state index in [-0.39, 0.29) is 11.3 Å². The van der Waals surface area contributed by atoms with Crippen LogP contribution < -0.4 is 14.4 Å². The van der Waals surface area contributed by atoms with Gasteiger partial charge in [-0.25, -0.2) is 4.98 Å².